The zero-order chi connectivity index (χ0) is 18.8. The Kier molecular flexibility index (Phi) is 6.35. The van der Waals surface area contributed by atoms with Gasteiger partial charge in [-0.2, -0.15) is 0 Å². The first-order valence-corrected chi connectivity index (χ1v) is 10.5. The molecule has 2 unspecified atom stereocenters. The zero-order valence-electron chi connectivity index (χ0n) is 14.8. The number of anilines is 1. The smallest absolute Gasteiger partial charge is 0.243 e. The van der Waals surface area contributed by atoms with Crippen LogP contribution in [0.15, 0.2) is 18.2 Å². The largest absolute Gasteiger partial charge is 0.391 e. The molecule has 8 heteroatoms. The molecule has 1 fully saturated rings. The molecule has 1 aliphatic carbocycles. The van der Waals surface area contributed by atoms with Crippen molar-refractivity contribution in [1.82, 2.24) is 4.90 Å². The van der Waals surface area contributed by atoms with Crippen LogP contribution in [0.4, 0.5) is 5.69 Å². The van der Waals surface area contributed by atoms with Gasteiger partial charge in [0, 0.05) is 12.1 Å². The molecule has 2 atom stereocenters. The first-order valence-electron chi connectivity index (χ1n) is 8.29. The maximum Gasteiger partial charge on any atom is 0.243 e. The van der Waals surface area contributed by atoms with Gasteiger partial charge in [-0.15, -0.1) is 0 Å². The van der Waals surface area contributed by atoms with Gasteiger partial charge in [-0.25, -0.2) is 8.42 Å². The van der Waals surface area contributed by atoms with Gasteiger partial charge < -0.3 is 10.0 Å². The van der Waals surface area contributed by atoms with Crippen LogP contribution in [0.25, 0.3) is 0 Å². The van der Waals surface area contributed by atoms with Gasteiger partial charge in [-0.05, 0) is 37.5 Å². The number of aliphatic hydroxyl groups excluding tert-OH is 1. The molecule has 2 rings (SSSR count). The average molecular weight is 389 g/mol. The molecule has 0 radical (unpaired) electrons. The predicted molar refractivity (Wildman–Crippen MR) is 99.4 cm³/mol. The molecule has 0 bridgehead atoms. The number of hydrogen-bond donors (Lipinski definition) is 1. The Morgan fingerprint density at radius 1 is 1.32 bits per heavy atom. The maximum absolute atomic E-state index is 12.6. The number of nitrogens with zero attached hydrogens (tertiary/aromatic N) is 2. The molecule has 0 saturated heterocycles. The zero-order valence-corrected chi connectivity index (χ0v) is 16.3. The van der Waals surface area contributed by atoms with Crippen LogP contribution in [0.3, 0.4) is 0 Å². The number of carbonyl (C=O) groups excluding carboxylic acids is 1. The molecule has 25 heavy (non-hydrogen) atoms. The van der Waals surface area contributed by atoms with Crippen molar-refractivity contribution in [2.75, 3.05) is 24.2 Å². The highest BCUT2D eigenvalue weighted by atomic mass is 35.5. The second-order valence-corrected chi connectivity index (χ2v) is 8.94. The number of benzene rings is 1. The standard InChI is InChI=1S/C17H25ClN2O4S/c1-12-8-9-13(10-14(12)18)20(25(3,23)24)11-17(22)19(2)15-6-4-5-7-16(15)21/h8-10,15-16,21H,4-7,11H2,1-3H3. The SMILES string of the molecule is Cc1ccc(N(CC(=O)N(C)C2CCCCC2O)S(C)(=O)=O)cc1Cl. The second kappa shape index (κ2) is 7.93. The summed E-state index contributed by atoms with van der Waals surface area (Å²) >= 11 is 6.10. The van der Waals surface area contributed by atoms with Gasteiger partial charge in [0.05, 0.1) is 24.1 Å². The summed E-state index contributed by atoms with van der Waals surface area (Å²) in [5.74, 6) is -0.354. The third kappa shape index (κ3) is 4.86. The molecular weight excluding hydrogens is 364 g/mol. The third-order valence-corrected chi connectivity index (χ3v) is 6.26. The molecule has 0 aromatic heterocycles. The van der Waals surface area contributed by atoms with Gasteiger partial charge in [-0.1, -0.05) is 30.5 Å². The van der Waals surface area contributed by atoms with E-state index in [1.807, 2.05) is 6.92 Å². The minimum atomic E-state index is -3.66. The van der Waals surface area contributed by atoms with E-state index >= 15 is 0 Å². The van der Waals surface area contributed by atoms with Gasteiger partial charge >= 0.3 is 0 Å². The predicted octanol–water partition coefficient (Wildman–Crippen LogP) is 2.18. The second-order valence-electron chi connectivity index (χ2n) is 6.63. The fraction of sp³-hybridized carbons (Fsp3) is 0.588. The molecule has 1 aromatic rings. The number of likely N-dealkylation sites (N-methyl/N-ethyl adjacent to an activating group) is 1. The number of hydrogen-bond acceptors (Lipinski definition) is 4. The molecule has 1 amide bonds. The number of aliphatic hydroxyl groups is 1. The van der Waals surface area contributed by atoms with Gasteiger partial charge in [0.15, 0.2) is 0 Å². The minimum absolute atomic E-state index is 0.274. The highest BCUT2D eigenvalue weighted by Crippen LogP contribution is 2.26. The van der Waals surface area contributed by atoms with E-state index in [9.17, 15) is 18.3 Å². The highest BCUT2D eigenvalue weighted by molar-refractivity contribution is 7.92. The van der Waals surface area contributed by atoms with E-state index in [4.69, 9.17) is 11.6 Å². The summed E-state index contributed by atoms with van der Waals surface area (Å²) in [6.07, 6.45) is 3.76. The Labute approximate surface area is 154 Å². The number of aryl methyl sites for hydroxylation is 1. The lowest BCUT2D eigenvalue weighted by Gasteiger charge is -2.36. The van der Waals surface area contributed by atoms with Crippen molar-refractivity contribution in [3.8, 4) is 0 Å². The van der Waals surface area contributed by atoms with Crippen molar-refractivity contribution in [3.05, 3.63) is 28.8 Å². The van der Waals surface area contributed by atoms with Gasteiger partial charge in [-0.3, -0.25) is 9.10 Å². The summed E-state index contributed by atoms with van der Waals surface area (Å²) < 4.78 is 25.4. The van der Waals surface area contributed by atoms with E-state index in [0.29, 0.717) is 17.1 Å². The summed E-state index contributed by atoms with van der Waals surface area (Å²) in [6.45, 7) is 1.50. The molecule has 0 aliphatic heterocycles. The quantitative estimate of drug-likeness (QED) is 0.838. The van der Waals surface area contributed by atoms with Crippen LogP contribution in [-0.2, 0) is 14.8 Å². The Balaban J connectivity index is 2.22. The van der Waals surface area contributed by atoms with Crippen LogP contribution in [0.5, 0.6) is 0 Å². The molecule has 6 nitrogen and oxygen atoms in total. The Bertz CT molecular complexity index is 738. The van der Waals surface area contributed by atoms with Crippen molar-refractivity contribution >= 4 is 33.2 Å². The van der Waals surface area contributed by atoms with Crippen molar-refractivity contribution in [3.63, 3.8) is 0 Å². The fourth-order valence-electron chi connectivity index (χ4n) is 3.10. The van der Waals surface area contributed by atoms with Crippen LogP contribution >= 0.6 is 11.6 Å². The summed E-state index contributed by atoms with van der Waals surface area (Å²) in [6, 6.07) is 4.62. The first-order chi connectivity index (χ1) is 11.6. The van der Waals surface area contributed by atoms with Crippen LogP contribution < -0.4 is 4.31 Å². The van der Waals surface area contributed by atoms with Gasteiger partial charge in [0.1, 0.15) is 6.54 Å². The Morgan fingerprint density at radius 3 is 2.52 bits per heavy atom. The molecule has 0 spiro atoms. The Morgan fingerprint density at radius 2 is 1.96 bits per heavy atom. The van der Waals surface area contributed by atoms with E-state index in [1.165, 1.54) is 4.90 Å². The molecule has 0 heterocycles. The normalized spacial score (nSPS) is 21.0. The molecule has 1 saturated carbocycles. The van der Waals surface area contributed by atoms with Crippen LogP contribution in [0.2, 0.25) is 5.02 Å². The maximum atomic E-state index is 12.6. The lowest BCUT2D eigenvalue weighted by Crippen LogP contribution is -2.50. The summed E-state index contributed by atoms with van der Waals surface area (Å²) in [4.78, 5) is 14.1. The van der Waals surface area contributed by atoms with Crippen LogP contribution in [0.1, 0.15) is 31.2 Å². The summed E-state index contributed by atoms with van der Waals surface area (Å²) in [7, 11) is -2.04. The van der Waals surface area contributed by atoms with Gasteiger partial charge in [0.25, 0.3) is 0 Å². The molecule has 1 N–H and O–H groups in total. The van der Waals surface area contributed by atoms with E-state index in [-0.39, 0.29) is 18.5 Å². The van der Waals surface area contributed by atoms with Crippen molar-refractivity contribution < 1.29 is 18.3 Å². The van der Waals surface area contributed by atoms with E-state index in [0.717, 1.165) is 35.4 Å². The minimum Gasteiger partial charge on any atom is -0.391 e. The highest BCUT2D eigenvalue weighted by Gasteiger charge is 2.31. The molecule has 1 aromatic carbocycles. The van der Waals surface area contributed by atoms with Gasteiger partial charge in [0.2, 0.25) is 15.9 Å². The fourth-order valence-corrected chi connectivity index (χ4v) is 4.12. The van der Waals surface area contributed by atoms with Crippen molar-refractivity contribution in [2.45, 2.75) is 44.8 Å². The molecule has 140 valence electrons. The lowest BCUT2D eigenvalue weighted by molar-refractivity contribution is -0.133. The number of sulfonamides is 1. The van der Waals surface area contributed by atoms with E-state index in [1.54, 1.807) is 25.2 Å². The van der Waals surface area contributed by atoms with Crippen LogP contribution in [0, 0.1) is 6.92 Å². The van der Waals surface area contributed by atoms with E-state index in [2.05, 4.69) is 0 Å². The third-order valence-electron chi connectivity index (χ3n) is 4.71. The van der Waals surface area contributed by atoms with Crippen molar-refractivity contribution in [2.24, 2.45) is 0 Å². The number of halogens is 1. The van der Waals surface area contributed by atoms with E-state index < -0.39 is 16.1 Å². The molecule has 1 aliphatic rings. The van der Waals surface area contributed by atoms with Crippen molar-refractivity contribution in [1.29, 1.82) is 0 Å². The monoisotopic (exact) mass is 388 g/mol. The Hall–Kier alpha value is -1.31. The lowest BCUT2D eigenvalue weighted by atomic mass is 9.91. The topological polar surface area (TPSA) is 77.9 Å². The summed E-state index contributed by atoms with van der Waals surface area (Å²) in [5, 5.41) is 10.6. The number of carbonyl (C=O) groups is 1. The van der Waals surface area contributed by atoms with Crippen LogP contribution in [-0.4, -0.2) is 56.3 Å². The first kappa shape index (κ1) is 20.0. The summed E-state index contributed by atoms with van der Waals surface area (Å²) in [5.41, 5.74) is 1.18. The number of rotatable bonds is 5. The molecular formula is C17H25ClN2O4S. The number of amides is 1. The average Bonchev–Trinajstić information content (AvgIpc) is 2.54.